The number of hydrogen-bond donors (Lipinski definition) is 1. The van der Waals surface area contributed by atoms with Crippen molar-refractivity contribution < 1.29 is 19.0 Å². The van der Waals surface area contributed by atoms with Gasteiger partial charge in [0.25, 0.3) is 0 Å². The summed E-state index contributed by atoms with van der Waals surface area (Å²) in [5, 5.41) is 3.42. The van der Waals surface area contributed by atoms with E-state index in [4.69, 9.17) is 19.2 Å². The van der Waals surface area contributed by atoms with Crippen LogP contribution in [0.3, 0.4) is 0 Å². The Bertz CT molecular complexity index is 1190. The molecule has 0 saturated heterocycles. The van der Waals surface area contributed by atoms with Gasteiger partial charge in [-0.25, -0.2) is 4.98 Å². The molecule has 0 saturated carbocycles. The smallest absolute Gasteiger partial charge is 0.209 e. The quantitative estimate of drug-likeness (QED) is 0.705. The number of carbonyl (C=O) groups excluding carboxylic acids is 1. The number of anilines is 1. The number of imidazole rings is 1. The number of carbonyl (C=O) groups is 1. The molecule has 0 amide bonds. The highest BCUT2D eigenvalue weighted by molar-refractivity contribution is 6.00. The number of benzene rings is 2. The molecule has 3 aromatic rings. The third-order valence-electron chi connectivity index (χ3n) is 5.88. The van der Waals surface area contributed by atoms with Crippen LogP contribution in [-0.2, 0) is 4.79 Å². The molecule has 1 atom stereocenters. The molecule has 1 aromatic heterocycles. The molecule has 0 bridgehead atoms. The average molecular weight is 405 g/mol. The summed E-state index contributed by atoms with van der Waals surface area (Å²) >= 11 is 0. The van der Waals surface area contributed by atoms with Crippen molar-refractivity contribution in [2.24, 2.45) is 0 Å². The molecule has 1 aliphatic carbocycles. The zero-order valence-corrected chi connectivity index (χ0v) is 17.2. The lowest BCUT2D eigenvalue weighted by Crippen LogP contribution is -2.31. The first-order valence-corrected chi connectivity index (χ1v) is 9.96. The third kappa shape index (κ3) is 2.65. The van der Waals surface area contributed by atoms with Crippen LogP contribution in [-0.4, -0.2) is 36.7 Å². The van der Waals surface area contributed by atoms with E-state index in [1.807, 2.05) is 36.4 Å². The first-order valence-electron chi connectivity index (χ1n) is 9.96. The number of ketones is 1. The summed E-state index contributed by atoms with van der Waals surface area (Å²) in [7, 11) is 4.82. The fourth-order valence-electron chi connectivity index (χ4n) is 4.53. The number of Topliss-reactive ketones (excluding diaryl/α,β-unsaturated/α-hetero) is 1. The highest BCUT2D eigenvalue weighted by Gasteiger charge is 2.38. The summed E-state index contributed by atoms with van der Waals surface area (Å²) in [6.45, 7) is 0. The Balaban J connectivity index is 1.83. The van der Waals surface area contributed by atoms with Crippen molar-refractivity contribution in [3.8, 4) is 17.2 Å². The fraction of sp³-hybridized carbons (Fsp3) is 0.304. The predicted molar refractivity (Wildman–Crippen MR) is 113 cm³/mol. The van der Waals surface area contributed by atoms with E-state index in [2.05, 4.69) is 9.88 Å². The van der Waals surface area contributed by atoms with Gasteiger partial charge in [0.2, 0.25) is 5.95 Å². The molecule has 30 heavy (non-hydrogen) atoms. The normalized spacial score (nSPS) is 18.0. The number of nitrogens with zero attached hydrogens (tertiary/aromatic N) is 2. The van der Waals surface area contributed by atoms with Crippen molar-refractivity contribution in [2.75, 3.05) is 26.6 Å². The molecule has 7 nitrogen and oxygen atoms in total. The topological polar surface area (TPSA) is 74.6 Å². The van der Waals surface area contributed by atoms with Crippen molar-refractivity contribution in [2.45, 2.75) is 25.3 Å². The highest BCUT2D eigenvalue weighted by Crippen LogP contribution is 2.47. The van der Waals surface area contributed by atoms with E-state index in [1.54, 1.807) is 21.3 Å². The Labute approximate surface area is 174 Å². The number of allylic oxidation sites excluding steroid dienone is 2. The summed E-state index contributed by atoms with van der Waals surface area (Å²) in [6.07, 6.45) is 2.19. The van der Waals surface area contributed by atoms with Crippen molar-refractivity contribution >= 4 is 22.8 Å². The number of nitrogens with one attached hydrogen (secondary N) is 1. The van der Waals surface area contributed by atoms with Crippen molar-refractivity contribution in [1.29, 1.82) is 0 Å². The molecule has 0 unspecified atom stereocenters. The van der Waals surface area contributed by atoms with Gasteiger partial charge in [0.1, 0.15) is 5.75 Å². The molecule has 1 aliphatic heterocycles. The number of ether oxygens (including phenoxy) is 3. The Hall–Kier alpha value is -3.48. The van der Waals surface area contributed by atoms with Gasteiger partial charge in [0, 0.05) is 29.3 Å². The van der Waals surface area contributed by atoms with E-state index < -0.39 is 0 Å². The summed E-state index contributed by atoms with van der Waals surface area (Å²) in [5.41, 5.74) is 4.37. The number of para-hydroxylation sites is 2. The first-order chi connectivity index (χ1) is 14.7. The number of aromatic nitrogens is 2. The van der Waals surface area contributed by atoms with Crippen LogP contribution in [0.4, 0.5) is 5.95 Å². The van der Waals surface area contributed by atoms with Crippen LogP contribution in [0.5, 0.6) is 17.2 Å². The van der Waals surface area contributed by atoms with Crippen LogP contribution in [0.15, 0.2) is 47.7 Å². The van der Waals surface area contributed by atoms with E-state index in [1.165, 1.54) is 0 Å². The SMILES string of the molecule is COc1cc(OC)c([C@H]2C3=C(CCCC3=O)Nc3nc4ccccc4n32)cc1OC. The minimum Gasteiger partial charge on any atom is -0.496 e. The maximum absolute atomic E-state index is 13.1. The minimum absolute atomic E-state index is 0.147. The van der Waals surface area contributed by atoms with E-state index in [0.717, 1.165) is 46.7 Å². The molecule has 5 rings (SSSR count). The van der Waals surface area contributed by atoms with Gasteiger partial charge in [0.05, 0.1) is 38.4 Å². The molecule has 0 spiro atoms. The van der Waals surface area contributed by atoms with Gasteiger partial charge in [-0.05, 0) is 31.0 Å². The standard InChI is InChI=1S/C23H23N3O4/c1-28-18-12-20(30-3)19(29-2)11-13(18)22-21-15(8-6-10-17(21)27)25-23-24-14-7-4-5-9-16(14)26(22)23/h4-5,7,9,11-12,22H,6,8,10H2,1-3H3,(H,24,25)/t22-/m0/s1. The van der Waals surface area contributed by atoms with Gasteiger partial charge < -0.3 is 19.5 Å². The van der Waals surface area contributed by atoms with Gasteiger partial charge in [-0.3, -0.25) is 9.36 Å². The zero-order valence-electron chi connectivity index (χ0n) is 17.2. The third-order valence-corrected chi connectivity index (χ3v) is 5.88. The highest BCUT2D eigenvalue weighted by atomic mass is 16.5. The Morgan fingerprint density at radius 3 is 2.50 bits per heavy atom. The van der Waals surface area contributed by atoms with E-state index in [0.29, 0.717) is 23.7 Å². The van der Waals surface area contributed by atoms with Gasteiger partial charge in [-0.1, -0.05) is 12.1 Å². The van der Waals surface area contributed by atoms with Crippen molar-refractivity contribution in [3.63, 3.8) is 0 Å². The maximum Gasteiger partial charge on any atom is 0.209 e. The second-order valence-corrected chi connectivity index (χ2v) is 7.44. The zero-order chi connectivity index (χ0) is 20.8. The van der Waals surface area contributed by atoms with Crippen LogP contribution < -0.4 is 19.5 Å². The molecule has 0 fully saturated rings. The maximum atomic E-state index is 13.1. The molecular formula is C23H23N3O4. The average Bonchev–Trinajstić information content (AvgIpc) is 3.15. The van der Waals surface area contributed by atoms with Gasteiger partial charge in [0.15, 0.2) is 17.3 Å². The van der Waals surface area contributed by atoms with Crippen molar-refractivity contribution in [1.82, 2.24) is 9.55 Å². The molecule has 7 heteroatoms. The van der Waals surface area contributed by atoms with Crippen molar-refractivity contribution in [3.05, 3.63) is 53.2 Å². The molecule has 154 valence electrons. The summed E-state index contributed by atoms with van der Waals surface area (Å²) in [4.78, 5) is 17.9. The lowest BCUT2D eigenvalue weighted by molar-refractivity contribution is -0.116. The summed E-state index contributed by atoms with van der Waals surface area (Å²) in [5.74, 6) is 2.67. The van der Waals surface area contributed by atoms with E-state index in [9.17, 15) is 4.79 Å². The molecule has 2 aliphatic rings. The molecule has 2 heterocycles. The van der Waals surface area contributed by atoms with Crippen LogP contribution >= 0.6 is 0 Å². The monoisotopic (exact) mass is 405 g/mol. The molecule has 2 aromatic carbocycles. The Kier molecular flexibility index (Phi) is 4.38. The predicted octanol–water partition coefficient (Wildman–Crippen LogP) is 4.08. The van der Waals surface area contributed by atoms with Gasteiger partial charge in [-0.15, -0.1) is 0 Å². The van der Waals surface area contributed by atoms with Crippen LogP contribution in [0.2, 0.25) is 0 Å². The number of rotatable bonds is 4. The van der Waals surface area contributed by atoms with Crippen LogP contribution in [0.1, 0.15) is 30.9 Å². The molecule has 1 N–H and O–H groups in total. The van der Waals surface area contributed by atoms with E-state index in [-0.39, 0.29) is 11.8 Å². The Morgan fingerprint density at radius 1 is 1.00 bits per heavy atom. The largest absolute Gasteiger partial charge is 0.496 e. The van der Waals surface area contributed by atoms with Gasteiger partial charge in [-0.2, -0.15) is 0 Å². The van der Waals surface area contributed by atoms with E-state index >= 15 is 0 Å². The first kappa shape index (κ1) is 18.5. The molecule has 0 radical (unpaired) electrons. The number of methoxy groups -OCH3 is 3. The molecular weight excluding hydrogens is 382 g/mol. The van der Waals surface area contributed by atoms with Gasteiger partial charge >= 0.3 is 0 Å². The Morgan fingerprint density at radius 2 is 1.73 bits per heavy atom. The minimum atomic E-state index is -0.369. The second-order valence-electron chi connectivity index (χ2n) is 7.44. The fourth-order valence-corrected chi connectivity index (χ4v) is 4.53. The lowest BCUT2D eigenvalue weighted by atomic mass is 9.84. The van der Waals surface area contributed by atoms with Crippen LogP contribution in [0, 0.1) is 0 Å². The summed E-state index contributed by atoms with van der Waals surface area (Å²) in [6, 6.07) is 11.3. The van der Waals surface area contributed by atoms with Crippen LogP contribution in [0.25, 0.3) is 11.0 Å². The summed E-state index contributed by atoms with van der Waals surface area (Å²) < 4.78 is 18.8. The lowest BCUT2D eigenvalue weighted by Gasteiger charge is -2.34. The number of hydrogen-bond acceptors (Lipinski definition) is 6. The number of fused-ring (bicyclic) bond motifs is 3. The second kappa shape index (κ2) is 7.09.